The number of nitrogens with one attached hydrogen (secondary N) is 1. The van der Waals surface area contributed by atoms with Crippen molar-refractivity contribution in [2.75, 3.05) is 19.8 Å². The molecule has 0 amide bonds. The number of unbranched alkanes of at least 4 members (excludes halogenated alkanes) is 13. The Morgan fingerprint density at radius 2 is 1.17 bits per heavy atom. The van der Waals surface area contributed by atoms with Gasteiger partial charge >= 0.3 is 0 Å². The Bertz CT molecular complexity index is 215. The number of rotatable bonds is 19. The van der Waals surface area contributed by atoms with Gasteiger partial charge in [0, 0.05) is 6.54 Å². The minimum atomic E-state index is -0.730. The predicted octanol–water partition coefficient (Wildman–Crippen LogP) is 4.34. The molecule has 0 aliphatic rings. The van der Waals surface area contributed by atoms with Crippen molar-refractivity contribution < 1.29 is 15.1 Å². The van der Waals surface area contributed by atoms with Gasteiger partial charge in [0.2, 0.25) is 0 Å². The summed E-state index contributed by atoms with van der Waals surface area (Å²) in [6.07, 6.45) is 18.2. The van der Waals surface area contributed by atoms with Crippen LogP contribution >= 0.6 is 0 Å². The third-order valence-corrected chi connectivity index (χ3v) is 4.23. The molecule has 3 N–H and O–H groups in total. The topological polar surface area (TPSA) is 61.7 Å². The molecule has 0 aliphatic carbocycles. The minimum Gasteiger partial charge on any atom is -0.394 e. The molecule has 1 atom stereocenters. The predicted molar refractivity (Wildman–Crippen MR) is 97.4 cm³/mol. The molecule has 4 nitrogen and oxygen atoms in total. The fourth-order valence-electron chi connectivity index (χ4n) is 2.66. The van der Waals surface area contributed by atoms with E-state index in [0.717, 1.165) is 6.42 Å². The maximum Gasteiger partial charge on any atom is 0.0918 e. The highest BCUT2D eigenvalue weighted by atomic mass is 16.6. The van der Waals surface area contributed by atoms with E-state index in [1.165, 1.54) is 83.5 Å². The van der Waals surface area contributed by atoms with Crippen LogP contribution in [0, 0.1) is 0 Å². The number of hydroxylamine groups is 1. The maximum absolute atomic E-state index is 9.09. The van der Waals surface area contributed by atoms with E-state index in [4.69, 9.17) is 15.1 Å². The maximum atomic E-state index is 9.09. The fraction of sp³-hybridized carbons (Fsp3) is 1.00. The second-order valence-corrected chi connectivity index (χ2v) is 6.63. The van der Waals surface area contributed by atoms with E-state index >= 15 is 0 Å². The van der Waals surface area contributed by atoms with E-state index in [1.807, 2.05) is 0 Å². The fourth-order valence-corrected chi connectivity index (χ4v) is 2.66. The normalized spacial score (nSPS) is 12.7. The molecular weight excluding hydrogens is 290 g/mol. The molecule has 0 rings (SSSR count). The molecule has 0 saturated heterocycles. The van der Waals surface area contributed by atoms with Crippen molar-refractivity contribution in [3.63, 3.8) is 0 Å². The first-order valence-electron chi connectivity index (χ1n) is 9.94. The van der Waals surface area contributed by atoms with E-state index in [-0.39, 0.29) is 13.2 Å². The molecule has 0 heterocycles. The van der Waals surface area contributed by atoms with Crippen molar-refractivity contribution in [2.24, 2.45) is 0 Å². The van der Waals surface area contributed by atoms with Gasteiger partial charge in [-0.25, -0.2) is 0 Å². The first-order chi connectivity index (χ1) is 11.3. The van der Waals surface area contributed by atoms with Crippen molar-refractivity contribution in [1.82, 2.24) is 5.48 Å². The van der Waals surface area contributed by atoms with Crippen LogP contribution in [0.1, 0.15) is 96.8 Å². The highest BCUT2D eigenvalue weighted by Crippen LogP contribution is 2.12. The molecule has 0 bridgehead atoms. The first kappa shape index (κ1) is 22.8. The third-order valence-electron chi connectivity index (χ3n) is 4.23. The monoisotopic (exact) mass is 331 g/mol. The summed E-state index contributed by atoms with van der Waals surface area (Å²) >= 11 is 0. The zero-order valence-corrected chi connectivity index (χ0v) is 15.4. The summed E-state index contributed by atoms with van der Waals surface area (Å²) in [6.45, 7) is 3.01. The van der Waals surface area contributed by atoms with Crippen molar-refractivity contribution in [3.8, 4) is 0 Å². The summed E-state index contributed by atoms with van der Waals surface area (Å²) in [6, 6.07) is 0. The second kappa shape index (κ2) is 19.9. The Morgan fingerprint density at radius 3 is 1.61 bits per heavy atom. The Hall–Kier alpha value is -0.160. The average Bonchev–Trinajstić information content (AvgIpc) is 2.57. The van der Waals surface area contributed by atoms with Crippen molar-refractivity contribution in [1.29, 1.82) is 0 Å². The number of hydrogen-bond acceptors (Lipinski definition) is 4. The highest BCUT2D eigenvalue weighted by molar-refractivity contribution is 4.51. The average molecular weight is 332 g/mol. The van der Waals surface area contributed by atoms with Crippen molar-refractivity contribution in [3.05, 3.63) is 0 Å². The van der Waals surface area contributed by atoms with Gasteiger partial charge < -0.3 is 15.1 Å². The lowest BCUT2D eigenvalue weighted by atomic mass is 10.0. The summed E-state index contributed by atoms with van der Waals surface area (Å²) in [7, 11) is 0. The molecule has 0 aromatic heterocycles. The highest BCUT2D eigenvalue weighted by Gasteiger charge is 2.00. The summed E-state index contributed by atoms with van der Waals surface area (Å²) < 4.78 is 0. The molecule has 0 aromatic carbocycles. The molecule has 0 spiro atoms. The van der Waals surface area contributed by atoms with Crippen LogP contribution in [0.25, 0.3) is 0 Å². The van der Waals surface area contributed by atoms with Gasteiger partial charge in [-0.1, -0.05) is 90.4 Å². The smallest absolute Gasteiger partial charge is 0.0918 e. The molecule has 140 valence electrons. The van der Waals surface area contributed by atoms with Gasteiger partial charge in [-0.05, 0) is 6.42 Å². The van der Waals surface area contributed by atoms with Crippen LogP contribution in [-0.2, 0) is 4.84 Å². The number of aliphatic hydroxyl groups excluding tert-OH is 2. The first-order valence-corrected chi connectivity index (χ1v) is 9.94. The standard InChI is InChI=1S/C19H41NO3/c1-2-3-4-5-6-7-8-9-10-11-12-13-14-15-16-23-20-17-19(22)18-21/h19-22H,2-18H2,1H3. The van der Waals surface area contributed by atoms with Crippen LogP contribution in [0.5, 0.6) is 0 Å². The Morgan fingerprint density at radius 1 is 0.739 bits per heavy atom. The number of aliphatic hydroxyl groups is 2. The summed E-state index contributed by atoms with van der Waals surface area (Å²) in [4.78, 5) is 5.19. The van der Waals surface area contributed by atoms with Gasteiger partial charge in [-0.15, -0.1) is 0 Å². The molecule has 1 unspecified atom stereocenters. The van der Waals surface area contributed by atoms with Gasteiger partial charge in [-0.3, -0.25) is 0 Å². The van der Waals surface area contributed by atoms with Gasteiger partial charge in [0.05, 0.1) is 19.3 Å². The Labute approximate surface area is 144 Å². The van der Waals surface area contributed by atoms with Crippen molar-refractivity contribution in [2.45, 2.75) is 103 Å². The van der Waals surface area contributed by atoms with E-state index < -0.39 is 6.10 Å². The van der Waals surface area contributed by atoms with E-state index in [0.29, 0.717) is 6.61 Å². The second-order valence-electron chi connectivity index (χ2n) is 6.63. The molecular formula is C19H41NO3. The van der Waals surface area contributed by atoms with Gasteiger partial charge in [-0.2, -0.15) is 5.48 Å². The van der Waals surface area contributed by atoms with E-state index in [9.17, 15) is 0 Å². The summed E-state index contributed by atoms with van der Waals surface area (Å²) in [5, 5.41) is 17.7. The van der Waals surface area contributed by atoms with E-state index in [1.54, 1.807) is 0 Å². The lowest BCUT2D eigenvalue weighted by Crippen LogP contribution is -2.29. The lowest BCUT2D eigenvalue weighted by Gasteiger charge is -2.09. The quantitative estimate of drug-likeness (QED) is 0.243. The van der Waals surface area contributed by atoms with Gasteiger partial charge in [0.25, 0.3) is 0 Å². The van der Waals surface area contributed by atoms with Crippen LogP contribution in [0.4, 0.5) is 0 Å². The Kier molecular flexibility index (Phi) is 19.7. The van der Waals surface area contributed by atoms with Gasteiger partial charge in [0.1, 0.15) is 0 Å². The van der Waals surface area contributed by atoms with Crippen LogP contribution in [0.3, 0.4) is 0 Å². The number of hydrogen-bond donors (Lipinski definition) is 3. The third kappa shape index (κ3) is 19.8. The lowest BCUT2D eigenvalue weighted by molar-refractivity contribution is -0.00102. The summed E-state index contributed by atoms with van der Waals surface area (Å²) in [5.74, 6) is 0. The van der Waals surface area contributed by atoms with E-state index in [2.05, 4.69) is 12.4 Å². The van der Waals surface area contributed by atoms with Gasteiger partial charge in [0.15, 0.2) is 0 Å². The molecule has 0 radical (unpaired) electrons. The van der Waals surface area contributed by atoms with Crippen LogP contribution in [0.2, 0.25) is 0 Å². The molecule has 0 aromatic rings. The Balaban J connectivity index is 2.97. The molecule has 4 heteroatoms. The zero-order valence-electron chi connectivity index (χ0n) is 15.4. The molecule has 0 saturated carbocycles. The van der Waals surface area contributed by atoms with Crippen molar-refractivity contribution >= 4 is 0 Å². The SMILES string of the molecule is CCCCCCCCCCCCCCCCONCC(O)CO. The zero-order chi connectivity index (χ0) is 17.0. The molecule has 0 fully saturated rings. The molecule has 0 aliphatic heterocycles. The largest absolute Gasteiger partial charge is 0.394 e. The molecule has 23 heavy (non-hydrogen) atoms. The minimum absolute atomic E-state index is 0.227. The summed E-state index contributed by atoms with van der Waals surface area (Å²) in [5.41, 5.74) is 2.67. The van der Waals surface area contributed by atoms with Crippen LogP contribution in [0.15, 0.2) is 0 Å². The van der Waals surface area contributed by atoms with Crippen LogP contribution in [-0.4, -0.2) is 36.1 Å². The van der Waals surface area contributed by atoms with Crippen LogP contribution < -0.4 is 5.48 Å².